The van der Waals surface area contributed by atoms with E-state index in [9.17, 15) is 18.0 Å². The van der Waals surface area contributed by atoms with Crippen LogP contribution in [0.4, 0.5) is 13.2 Å². The summed E-state index contributed by atoms with van der Waals surface area (Å²) in [5.74, 6) is -1.71. The monoisotopic (exact) mass is 273 g/mol. The van der Waals surface area contributed by atoms with Gasteiger partial charge in [0.15, 0.2) is 0 Å². The number of benzene rings is 1. The number of carbonyl (C=O) groups is 1. The number of nitrogens with zero attached hydrogens (tertiary/aromatic N) is 1. The molecule has 0 radical (unpaired) electrons. The summed E-state index contributed by atoms with van der Waals surface area (Å²) in [5, 5.41) is 0. The maximum Gasteiger partial charge on any atom is 0.471 e. The van der Waals surface area contributed by atoms with Gasteiger partial charge in [0, 0.05) is 19.0 Å². The first-order chi connectivity index (χ1) is 8.98. The van der Waals surface area contributed by atoms with Crippen LogP contribution in [0.25, 0.3) is 0 Å². The minimum atomic E-state index is -4.76. The van der Waals surface area contributed by atoms with E-state index in [1.165, 1.54) is 0 Å². The average Bonchev–Trinajstić information content (AvgIpc) is 2.89. The third-order valence-electron chi connectivity index (χ3n) is 2.99. The van der Waals surface area contributed by atoms with Gasteiger partial charge in [-0.25, -0.2) is 0 Å². The van der Waals surface area contributed by atoms with Gasteiger partial charge in [-0.05, 0) is 12.0 Å². The summed E-state index contributed by atoms with van der Waals surface area (Å²) in [5.41, 5.74) is 0.991. The van der Waals surface area contributed by atoms with Crippen molar-refractivity contribution in [3.63, 3.8) is 0 Å². The van der Waals surface area contributed by atoms with Crippen molar-refractivity contribution in [3.05, 3.63) is 35.9 Å². The summed E-state index contributed by atoms with van der Waals surface area (Å²) in [6.07, 6.45) is -4.17. The van der Waals surface area contributed by atoms with Gasteiger partial charge in [-0.15, -0.1) is 0 Å². The van der Waals surface area contributed by atoms with Crippen LogP contribution < -0.4 is 0 Å². The summed E-state index contributed by atoms with van der Waals surface area (Å²) in [6, 6.07) is 9.32. The zero-order valence-electron chi connectivity index (χ0n) is 11.1. The third-order valence-corrected chi connectivity index (χ3v) is 2.99. The molecule has 1 aromatic carbocycles. The molecule has 1 amide bonds. The van der Waals surface area contributed by atoms with Gasteiger partial charge in [-0.2, -0.15) is 13.2 Å². The first-order valence-corrected chi connectivity index (χ1v) is 6.39. The van der Waals surface area contributed by atoms with Crippen LogP contribution in [0.3, 0.4) is 0 Å². The quantitative estimate of drug-likeness (QED) is 0.765. The second-order valence-electron chi connectivity index (χ2n) is 4.15. The summed E-state index contributed by atoms with van der Waals surface area (Å²) >= 11 is 0. The first-order valence-electron chi connectivity index (χ1n) is 6.39. The van der Waals surface area contributed by atoms with Crippen LogP contribution in [0, 0.1) is 0 Å². The summed E-state index contributed by atoms with van der Waals surface area (Å²) < 4.78 is 36.7. The molecule has 0 aromatic heterocycles. The van der Waals surface area contributed by atoms with Gasteiger partial charge in [0.05, 0.1) is 0 Å². The first kappa shape index (κ1) is 15.5. The second-order valence-corrected chi connectivity index (χ2v) is 4.15. The maximum absolute atomic E-state index is 12.2. The topological polar surface area (TPSA) is 20.3 Å². The lowest BCUT2D eigenvalue weighted by molar-refractivity contribution is -0.184. The molecule has 2 rings (SSSR count). The van der Waals surface area contributed by atoms with Crippen molar-refractivity contribution < 1.29 is 18.0 Å². The summed E-state index contributed by atoms with van der Waals surface area (Å²) in [4.78, 5) is 11.9. The Morgan fingerprint density at radius 2 is 1.79 bits per heavy atom. The van der Waals surface area contributed by atoms with Crippen molar-refractivity contribution in [1.82, 2.24) is 4.90 Å². The number of hydrogen-bond donors (Lipinski definition) is 0. The zero-order chi connectivity index (χ0) is 14.5. The normalized spacial score (nSPS) is 18.8. The minimum absolute atomic E-state index is 0.0162. The highest BCUT2D eigenvalue weighted by molar-refractivity contribution is 5.82. The van der Waals surface area contributed by atoms with Crippen molar-refractivity contribution in [1.29, 1.82) is 0 Å². The maximum atomic E-state index is 12.2. The Hall–Kier alpha value is -1.52. The lowest BCUT2D eigenvalue weighted by Gasteiger charge is -2.18. The number of rotatable bonds is 1. The molecule has 106 valence electrons. The highest BCUT2D eigenvalue weighted by Crippen LogP contribution is 2.29. The molecule has 0 spiro atoms. The molecule has 19 heavy (non-hydrogen) atoms. The molecule has 0 unspecified atom stereocenters. The zero-order valence-corrected chi connectivity index (χ0v) is 11.1. The predicted molar refractivity (Wildman–Crippen MR) is 67.8 cm³/mol. The van der Waals surface area contributed by atoms with E-state index in [0.717, 1.165) is 10.5 Å². The summed E-state index contributed by atoms with van der Waals surface area (Å²) in [6.45, 7) is 4.33. The van der Waals surface area contributed by atoms with Crippen LogP contribution in [0.15, 0.2) is 30.3 Å². The Bertz CT molecular complexity index is 403. The molecule has 1 atom stereocenters. The van der Waals surface area contributed by atoms with Crippen molar-refractivity contribution in [2.24, 2.45) is 0 Å². The number of halogens is 3. The number of alkyl halides is 3. The molecular formula is C14H18F3NO. The van der Waals surface area contributed by atoms with Gasteiger partial charge < -0.3 is 4.90 Å². The Balaban J connectivity index is 0.000000861. The minimum Gasteiger partial charge on any atom is -0.334 e. The Morgan fingerprint density at radius 1 is 1.21 bits per heavy atom. The molecule has 0 saturated carbocycles. The predicted octanol–water partition coefficient (Wildman–Crippen LogP) is 3.59. The Morgan fingerprint density at radius 3 is 2.32 bits per heavy atom. The fourth-order valence-corrected chi connectivity index (χ4v) is 2.12. The van der Waals surface area contributed by atoms with E-state index >= 15 is 0 Å². The Kier molecular flexibility index (Phi) is 5.39. The standard InChI is InChI=1S/C12H12F3NO.C2H6/c13-12(14,15)11(17)16-7-6-10(8-16)9-4-2-1-3-5-9;1-2/h1-5,10H,6-8H2;1-2H3/t10-;/m1./s1. The molecule has 1 saturated heterocycles. The average molecular weight is 273 g/mol. The van der Waals surface area contributed by atoms with Gasteiger partial charge in [0.25, 0.3) is 0 Å². The van der Waals surface area contributed by atoms with Crippen molar-refractivity contribution in [3.8, 4) is 0 Å². The van der Waals surface area contributed by atoms with Gasteiger partial charge >= 0.3 is 12.1 Å². The molecule has 1 aliphatic heterocycles. The number of hydrogen-bond acceptors (Lipinski definition) is 1. The van der Waals surface area contributed by atoms with Crippen molar-refractivity contribution in [2.45, 2.75) is 32.4 Å². The van der Waals surface area contributed by atoms with Crippen LogP contribution >= 0.6 is 0 Å². The van der Waals surface area contributed by atoms with Crippen molar-refractivity contribution >= 4 is 5.91 Å². The van der Waals surface area contributed by atoms with E-state index in [1.54, 1.807) is 0 Å². The third kappa shape index (κ3) is 3.98. The van der Waals surface area contributed by atoms with E-state index in [1.807, 2.05) is 44.2 Å². The van der Waals surface area contributed by atoms with Crippen LogP contribution in [0.1, 0.15) is 31.7 Å². The SMILES string of the molecule is CC.O=C(N1CC[C@@H](c2ccccc2)C1)C(F)(F)F. The fraction of sp³-hybridized carbons (Fsp3) is 0.500. The highest BCUT2D eigenvalue weighted by atomic mass is 19.4. The van der Waals surface area contributed by atoms with Crippen LogP contribution in [0.2, 0.25) is 0 Å². The van der Waals surface area contributed by atoms with Crippen LogP contribution in [-0.2, 0) is 4.79 Å². The molecule has 1 fully saturated rings. The smallest absolute Gasteiger partial charge is 0.334 e. The van der Waals surface area contributed by atoms with E-state index in [4.69, 9.17) is 0 Å². The van der Waals surface area contributed by atoms with E-state index < -0.39 is 12.1 Å². The molecule has 1 aliphatic rings. The molecule has 0 bridgehead atoms. The summed E-state index contributed by atoms with van der Waals surface area (Å²) in [7, 11) is 0. The van der Waals surface area contributed by atoms with E-state index in [-0.39, 0.29) is 19.0 Å². The van der Waals surface area contributed by atoms with Crippen molar-refractivity contribution in [2.75, 3.05) is 13.1 Å². The second kappa shape index (κ2) is 6.59. The molecule has 0 aliphatic carbocycles. The van der Waals surface area contributed by atoms with Crippen LogP contribution in [-0.4, -0.2) is 30.1 Å². The fourth-order valence-electron chi connectivity index (χ4n) is 2.12. The van der Waals surface area contributed by atoms with E-state index in [0.29, 0.717) is 6.42 Å². The van der Waals surface area contributed by atoms with Gasteiger partial charge in [-0.3, -0.25) is 4.79 Å². The van der Waals surface area contributed by atoms with Crippen LogP contribution in [0.5, 0.6) is 0 Å². The number of amides is 1. The lowest BCUT2D eigenvalue weighted by Crippen LogP contribution is -2.39. The van der Waals surface area contributed by atoms with Gasteiger partial charge in [0.2, 0.25) is 0 Å². The van der Waals surface area contributed by atoms with E-state index in [2.05, 4.69) is 0 Å². The molecule has 0 N–H and O–H groups in total. The molecule has 2 nitrogen and oxygen atoms in total. The lowest BCUT2D eigenvalue weighted by atomic mass is 9.99. The van der Waals surface area contributed by atoms with Gasteiger partial charge in [0.1, 0.15) is 0 Å². The number of likely N-dealkylation sites (tertiary alicyclic amines) is 1. The largest absolute Gasteiger partial charge is 0.471 e. The molecule has 5 heteroatoms. The number of carbonyl (C=O) groups excluding carboxylic acids is 1. The molecule has 1 aromatic rings. The molecule has 1 heterocycles. The Labute approximate surface area is 111 Å². The highest BCUT2D eigenvalue weighted by Gasteiger charge is 2.44. The molecular weight excluding hydrogens is 255 g/mol. The van der Waals surface area contributed by atoms with Gasteiger partial charge in [-0.1, -0.05) is 44.2 Å².